The molecule has 2 nitrogen and oxygen atoms in total. The summed E-state index contributed by atoms with van der Waals surface area (Å²) in [5.74, 6) is 0. The molecule has 0 aromatic rings. The van der Waals surface area contributed by atoms with E-state index in [4.69, 9.17) is 0 Å². The van der Waals surface area contributed by atoms with Crippen LogP contribution in [0, 0.1) is 0 Å². The Morgan fingerprint density at radius 1 is 1.25 bits per heavy atom. The van der Waals surface area contributed by atoms with E-state index in [-0.39, 0.29) is 0 Å². The van der Waals surface area contributed by atoms with Gasteiger partial charge in [0, 0.05) is 18.6 Å². The monoisotopic (exact) mass is 226 g/mol. The molecule has 1 aliphatic heterocycles. The fourth-order valence-corrected chi connectivity index (χ4v) is 3.07. The highest BCUT2D eigenvalue weighted by molar-refractivity contribution is 4.82. The topological polar surface area (TPSA) is 15.3 Å². The molecule has 16 heavy (non-hydrogen) atoms. The van der Waals surface area contributed by atoms with Gasteiger partial charge in [-0.15, -0.1) is 0 Å². The summed E-state index contributed by atoms with van der Waals surface area (Å²) in [7, 11) is 2.08. The number of likely N-dealkylation sites (N-methyl/N-ethyl adjacent to an activating group) is 1. The Morgan fingerprint density at radius 2 is 2.06 bits per heavy atom. The van der Waals surface area contributed by atoms with Crippen LogP contribution in [0.1, 0.15) is 58.8 Å². The normalized spacial score (nSPS) is 25.3. The van der Waals surface area contributed by atoms with Crippen LogP contribution in [-0.2, 0) is 0 Å². The average molecular weight is 226 g/mol. The Morgan fingerprint density at radius 3 is 2.69 bits per heavy atom. The van der Waals surface area contributed by atoms with E-state index in [1.165, 1.54) is 51.5 Å². The highest BCUT2D eigenvalue weighted by Crippen LogP contribution is 2.22. The van der Waals surface area contributed by atoms with Crippen LogP contribution in [0.2, 0.25) is 0 Å². The van der Waals surface area contributed by atoms with Gasteiger partial charge in [-0.3, -0.25) is 4.90 Å². The summed E-state index contributed by atoms with van der Waals surface area (Å²) in [5, 5.41) is 3.37. The van der Waals surface area contributed by atoms with Crippen molar-refractivity contribution in [1.29, 1.82) is 0 Å². The number of rotatable bonds is 6. The molecule has 0 aliphatic carbocycles. The van der Waals surface area contributed by atoms with E-state index in [1.807, 2.05) is 0 Å². The fraction of sp³-hybridized carbons (Fsp3) is 1.00. The maximum atomic E-state index is 3.37. The Kier molecular flexibility index (Phi) is 7.06. The minimum Gasteiger partial charge on any atom is -0.318 e. The fourth-order valence-electron chi connectivity index (χ4n) is 3.07. The quantitative estimate of drug-likeness (QED) is 0.749. The molecule has 1 aliphatic rings. The van der Waals surface area contributed by atoms with Crippen LogP contribution in [0.5, 0.6) is 0 Å². The standard InChI is InChI=1S/C14H30N2/c1-4-9-14(12-15-3)16-11-8-6-7-10-13(16)5-2/h13-15H,4-12H2,1-3H3. The molecule has 1 fully saturated rings. The highest BCUT2D eigenvalue weighted by atomic mass is 15.2. The van der Waals surface area contributed by atoms with Crippen LogP contribution in [0.15, 0.2) is 0 Å². The first-order valence-corrected chi connectivity index (χ1v) is 7.23. The second kappa shape index (κ2) is 8.08. The molecule has 2 atom stereocenters. The lowest BCUT2D eigenvalue weighted by Gasteiger charge is -2.36. The predicted molar refractivity (Wildman–Crippen MR) is 71.9 cm³/mol. The first-order chi connectivity index (χ1) is 7.83. The lowest BCUT2D eigenvalue weighted by molar-refractivity contribution is 0.124. The van der Waals surface area contributed by atoms with Crippen molar-refractivity contribution in [3.8, 4) is 0 Å². The van der Waals surface area contributed by atoms with Crippen molar-refractivity contribution < 1.29 is 0 Å². The van der Waals surface area contributed by atoms with Gasteiger partial charge in [0.25, 0.3) is 0 Å². The summed E-state index contributed by atoms with van der Waals surface area (Å²) in [6.45, 7) is 7.14. The predicted octanol–water partition coefficient (Wildman–Crippen LogP) is 3.03. The van der Waals surface area contributed by atoms with Gasteiger partial charge < -0.3 is 5.32 Å². The Hall–Kier alpha value is -0.0800. The summed E-state index contributed by atoms with van der Waals surface area (Å²) in [5.41, 5.74) is 0. The molecule has 0 amide bonds. The zero-order valence-electron chi connectivity index (χ0n) is 11.5. The van der Waals surface area contributed by atoms with Gasteiger partial charge in [0.05, 0.1) is 0 Å². The van der Waals surface area contributed by atoms with Gasteiger partial charge in [-0.05, 0) is 39.3 Å². The molecule has 0 spiro atoms. The second-order valence-electron chi connectivity index (χ2n) is 5.15. The summed E-state index contributed by atoms with van der Waals surface area (Å²) in [6, 6.07) is 1.60. The van der Waals surface area contributed by atoms with Crippen molar-refractivity contribution in [3.05, 3.63) is 0 Å². The first kappa shape index (κ1) is 14.0. The van der Waals surface area contributed by atoms with E-state index in [2.05, 4.69) is 31.1 Å². The zero-order chi connectivity index (χ0) is 11.8. The molecule has 0 aromatic carbocycles. The van der Waals surface area contributed by atoms with E-state index in [1.54, 1.807) is 0 Å². The molecule has 1 rings (SSSR count). The third-order valence-electron chi connectivity index (χ3n) is 3.92. The summed E-state index contributed by atoms with van der Waals surface area (Å²) in [4.78, 5) is 2.80. The maximum absolute atomic E-state index is 3.37. The lowest BCUT2D eigenvalue weighted by Crippen LogP contribution is -2.47. The van der Waals surface area contributed by atoms with Gasteiger partial charge >= 0.3 is 0 Å². The van der Waals surface area contributed by atoms with E-state index in [0.29, 0.717) is 0 Å². The van der Waals surface area contributed by atoms with E-state index < -0.39 is 0 Å². The van der Waals surface area contributed by atoms with E-state index in [0.717, 1.165) is 18.6 Å². The average Bonchev–Trinajstić information content (AvgIpc) is 2.53. The van der Waals surface area contributed by atoms with Gasteiger partial charge in [0.15, 0.2) is 0 Å². The molecule has 0 aromatic heterocycles. The van der Waals surface area contributed by atoms with Crippen molar-refractivity contribution in [3.63, 3.8) is 0 Å². The maximum Gasteiger partial charge on any atom is 0.0223 e. The van der Waals surface area contributed by atoms with E-state index >= 15 is 0 Å². The van der Waals surface area contributed by atoms with Crippen LogP contribution < -0.4 is 5.32 Å². The minimum absolute atomic E-state index is 0.762. The largest absolute Gasteiger partial charge is 0.318 e. The number of hydrogen-bond donors (Lipinski definition) is 1. The third kappa shape index (κ3) is 4.06. The summed E-state index contributed by atoms with van der Waals surface area (Å²) >= 11 is 0. The molecule has 0 bridgehead atoms. The number of nitrogens with zero attached hydrogens (tertiary/aromatic N) is 1. The van der Waals surface area contributed by atoms with Gasteiger partial charge in [-0.2, -0.15) is 0 Å². The van der Waals surface area contributed by atoms with Gasteiger partial charge in [-0.25, -0.2) is 0 Å². The van der Waals surface area contributed by atoms with Crippen LogP contribution in [-0.4, -0.2) is 37.1 Å². The SMILES string of the molecule is CCCC(CNC)N1CCCCCC1CC. The molecule has 0 saturated carbocycles. The van der Waals surface area contributed by atoms with Gasteiger partial charge in [0.2, 0.25) is 0 Å². The molecule has 1 heterocycles. The zero-order valence-corrected chi connectivity index (χ0v) is 11.5. The lowest BCUT2D eigenvalue weighted by atomic mass is 10.0. The molecule has 96 valence electrons. The molecule has 2 unspecified atom stereocenters. The van der Waals surface area contributed by atoms with Crippen LogP contribution in [0.3, 0.4) is 0 Å². The molecular weight excluding hydrogens is 196 g/mol. The smallest absolute Gasteiger partial charge is 0.0223 e. The van der Waals surface area contributed by atoms with Gasteiger partial charge in [0.1, 0.15) is 0 Å². The number of hydrogen-bond acceptors (Lipinski definition) is 2. The van der Waals surface area contributed by atoms with Gasteiger partial charge in [-0.1, -0.05) is 33.1 Å². The molecular formula is C14H30N2. The molecule has 1 N–H and O–H groups in total. The molecule has 0 radical (unpaired) electrons. The van der Waals surface area contributed by atoms with Crippen molar-refractivity contribution in [2.24, 2.45) is 0 Å². The summed E-state index contributed by atoms with van der Waals surface area (Å²) in [6.07, 6.45) is 9.67. The van der Waals surface area contributed by atoms with Crippen molar-refractivity contribution in [2.75, 3.05) is 20.1 Å². The number of nitrogens with one attached hydrogen (secondary N) is 1. The summed E-state index contributed by atoms with van der Waals surface area (Å²) < 4.78 is 0. The Balaban J connectivity index is 2.60. The van der Waals surface area contributed by atoms with Crippen LogP contribution in [0.25, 0.3) is 0 Å². The van der Waals surface area contributed by atoms with Crippen LogP contribution in [0.4, 0.5) is 0 Å². The second-order valence-corrected chi connectivity index (χ2v) is 5.15. The van der Waals surface area contributed by atoms with Crippen molar-refractivity contribution >= 4 is 0 Å². The first-order valence-electron chi connectivity index (χ1n) is 7.23. The minimum atomic E-state index is 0.762. The third-order valence-corrected chi connectivity index (χ3v) is 3.92. The molecule has 1 saturated heterocycles. The van der Waals surface area contributed by atoms with Crippen molar-refractivity contribution in [2.45, 2.75) is 70.9 Å². The number of likely N-dealkylation sites (tertiary alicyclic amines) is 1. The van der Waals surface area contributed by atoms with Crippen molar-refractivity contribution in [1.82, 2.24) is 10.2 Å². The highest BCUT2D eigenvalue weighted by Gasteiger charge is 2.25. The molecule has 2 heteroatoms. The van der Waals surface area contributed by atoms with E-state index in [9.17, 15) is 0 Å². The Bertz CT molecular complexity index is 164. The van der Waals surface area contributed by atoms with Crippen LogP contribution >= 0.6 is 0 Å². The Labute approximate surface area is 102 Å².